The molecule has 0 fully saturated rings. The Labute approximate surface area is 179 Å². The van der Waals surface area contributed by atoms with Crippen LogP contribution < -0.4 is 4.84 Å². The average Bonchev–Trinajstić information content (AvgIpc) is 2.56. The van der Waals surface area contributed by atoms with Crippen molar-refractivity contribution in [3.05, 3.63) is 0 Å². The van der Waals surface area contributed by atoms with Gasteiger partial charge in [0.15, 0.2) is 19.7 Å². The molecule has 5 N–H and O–H groups in total. The van der Waals surface area contributed by atoms with E-state index in [0.717, 1.165) is 0 Å². The fourth-order valence-corrected chi connectivity index (χ4v) is 5.87. The lowest BCUT2D eigenvalue weighted by atomic mass is 9.94. The first-order valence-corrected chi connectivity index (χ1v) is 13.3. The number of hydrogen-bond acceptors (Lipinski definition) is 9. The number of sulfone groups is 2. The molecular formula is C17H36ClNO8S2. The van der Waals surface area contributed by atoms with Crippen LogP contribution in [0.5, 0.6) is 0 Å². The summed E-state index contributed by atoms with van der Waals surface area (Å²) in [5.74, 6) is -2.20. The zero-order valence-corrected chi connectivity index (χ0v) is 20.1. The van der Waals surface area contributed by atoms with Crippen LogP contribution in [0.1, 0.15) is 47.5 Å². The molecule has 0 aliphatic carbocycles. The molecule has 29 heavy (non-hydrogen) atoms. The van der Waals surface area contributed by atoms with Gasteiger partial charge in [-0.2, -0.15) is 0 Å². The molecule has 0 heterocycles. The first-order chi connectivity index (χ1) is 12.8. The second kappa shape index (κ2) is 11.0. The summed E-state index contributed by atoms with van der Waals surface area (Å²) in [6.45, 7) is 8.94. The van der Waals surface area contributed by atoms with Gasteiger partial charge in [-0.15, -0.1) is 0 Å². The van der Waals surface area contributed by atoms with Gasteiger partial charge in [0.1, 0.15) is 12.2 Å². The minimum Gasteiger partial charge on any atom is -0.389 e. The summed E-state index contributed by atoms with van der Waals surface area (Å²) >= 11 is 5.51. The van der Waals surface area contributed by atoms with Crippen LogP contribution in [0.4, 0.5) is 0 Å². The normalized spacial score (nSPS) is 18.3. The Balaban J connectivity index is 4.85. The smallest absolute Gasteiger partial charge is 0.153 e. The van der Waals surface area contributed by atoms with E-state index in [0.29, 0.717) is 6.42 Å². The molecular weight excluding hydrogens is 446 g/mol. The minimum absolute atomic E-state index is 0.138. The molecule has 0 aromatic carbocycles. The van der Waals surface area contributed by atoms with Crippen molar-refractivity contribution >= 4 is 31.5 Å². The summed E-state index contributed by atoms with van der Waals surface area (Å²) in [7, 11) is -7.53. The SMILES string of the molecule is CC(C)(C)CCS(=O)(=O)CC(O)C(O)C(O)C(O)CS(=O)(=O)CCC(C)(C)NCl. The summed E-state index contributed by atoms with van der Waals surface area (Å²) in [4.78, 5) is 2.43. The topological polar surface area (TPSA) is 161 Å². The largest absolute Gasteiger partial charge is 0.389 e. The lowest BCUT2D eigenvalue weighted by Crippen LogP contribution is -2.49. The molecule has 12 heteroatoms. The van der Waals surface area contributed by atoms with Gasteiger partial charge in [-0.05, 0) is 43.9 Å². The van der Waals surface area contributed by atoms with Gasteiger partial charge in [0, 0.05) is 5.54 Å². The van der Waals surface area contributed by atoms with Crippen molar-refractivity contribution in [3.63, 3.8) is 0 Å². The summed E-state index contributed by atoms with van der Waals surface area (Å²) in [5, 5.41) is 39.9. The van der Waals surface area contributed by atoms with E-state index in [1.165, 1.54) is 0 Å². The molecule has 9 nitrogen and oxygen atoms in total. The predicted octanol–water partition coefficient (Wildman–Crippen LogP) is -0.392. The Hall–Kier alpha value is -0.0100. The molecule has 0 aliphatic rings. The zero-order valence-electron chi connectivity index (χ0n) is 17.7. The molecule has 0 rings (SSSR count). The Morgan fingerprint density at radius 1 is 0.759 bits per heavy atom. The summed E-state index contributed by atoms with van der Waals surface area (Å²) in [6, 6.07) is 0. The van der Waals surface area contributed by atoms with E-state index >= 15 is 0 Å². The van der Waals surface area contributed by atoms with Crippen LogP contribution in [-0.4, -0.2) is 90.2 Å². The van der Waals surface area contributed by atoms with E-state index in [2.05, 4.69) is 4.84 Å². The number of hydrogen-bond donors (Lipinski definition) is 5. The van der Waals surface area contributed by atoms with E-state index in [1.807, 2.05) is 20.8 Å². The Morgan fingerprint density at radius 3 is 1.41 bits per heavy atom. The van der Waals surface area contributed by atoms with E-state index < -0.39 is 61.1 Å². The van der Waals surface area contributed by atoms with Crippen molar-refractivity contribution in [1.82, 2.24) is 4.84 Å². The van der Waals surface area contributed by atoms with Crippen LogP contribution in [0.3, 0.4) is 0 Å². The third-order valence-corrected chi connectivity index (χ3v) is 8.31. The fraction of sp³-hybridized carbons (Fsp3) is 1.00. The third kappa shape index (κ3) is 12.4. The molecule has 0 amide bonds. The Morgan fingerprint density at radius 2 is 1.10 bits per heavy atom. The highest BCUT2D eigenvalue weighted by Gasteiger charge is 2.35. The quantitative estimate of drug-likeness (QED) is 0.220. The van der Waals surface area contributed by atoms with Gasteiger partial charge < -0.3 is 20.4 Å². The molecule has 0 saturated heterocycles. The van der Waals surface area contributed by atoms with Crippen molar-refractivity contribution in [2.75, 3.05) is 23.0 Å². The van der Waals surface area contributed by atoms with Gasteiger partial charge in [0.2, 0.25) is 0 Å². The van der Waals surface area contributed by atoms with Crippen LogP contribution in [0.15, 0.2) is 0 Å². The molecule has 176 valence electrons. The molecule has 0 aromatic heterocycles. The van der Waals surface area contributed by atoms with Crippen LogP contribution in [0, 0.1) is 5.41 Å². The molecule has 0 radical (unpaired) electrons. The van der Waals surface area contributed by atoms with E-state index in [9.17, 15) is 37.3 Å². The van der Waals surface area contributed by atoms with Gasteiger partial charge in [0.25, 0.3) is 0 Å². The molecule has 0 spiro atoms. The lowest BCUT2D eigenvalue weighted by molar-refractivity contribution is -0.0928. The molecule has 0 saturated carbocycles. The highest BCUT2D eigenvalue weighted by molar-refractivity contribution is 7.91. The van der Waals surface area contributed by atoms with Crippen LogP contribution >= 0.6 is 11.8 Å². The standard InChI is InChI=1S/C17H36ClNO8S2/c1-16(2,3)6-8-28(24,25)10-12(20)14(22)15(23)13(21)11-29(26,27)9-7-17(4,5)19-18/h12-15,19-23H,6-11H2,1-5H3. The van der Waals surface area contributed by atoms with E-state index in [-0.39, 0.29) is 23.3 Å². The van der Waals surface area contributed by atoms with E-state index in [4.69, 9.17) is 11.8 Å². The summed E-state index contributed by atoms with van der Waals surface area (Å²) in [6.07, 6.45) is -7.34. The molecule has 0 bridgehead atoms. The predicted molar refractivity (Wildman–Crippen MR) is 113 cm³/mol. The van der Waals surface area contributed by atoms with Crippen molar-refractivity contribution in [2.24, 2.45) is 5.41 Å². The molecule has 0 aromatic rings. The first kappa shape index (κ1) is 29.0. The fourth-order valence-electron chi connectivity index (χ4n) is 2.26. The Bertz CT molecular complexity index is 703. The van der Waals surface area contributed by atoms with Gasteiger partial charge >= 0.3 is 0 Å². The maximum Gasteiger partial charge on any atom is 0.153 e. The third-order valence-electron chi connectivity index (χ3n) is 4.44. The van der Waals surface area contributed by atoms with Gasteiger partial charge in [-0.3, -0.25) is 0 Å². The highest BCUT2D eigenvalue weighted by atomic mass is 35.5. The van der Waals surface area contributed by atoms with Crippen LogP contribution in [0.25, 0.3) is 0 Å². The molecule has 0 aliphatic heterocycles. The second-order valence-electron chi connectivity index (χ2n) is 9.38. The number of aliphatic hydroxyl groups excluding tert-OH is 4. The van der Waals surface area contributed by atoms with Crippen molar-refractivity contribution < 1.29 is 37.3 Å². The van der Waals surface area contributed by atoms with Crippen molar-refractivity contribution in [3.8, 4) is 0 Å². The maximum absolute atomic E-state index is 12.1. The first-order valence-electron chi connectivity index (χ1n) is 9.32. The number of aliphatic hydroxyl groups is 4. The summed E-state index contributed by atoms with van der Waals surface area (Å²) < 4.78 is 48.4. The number of rotatable bonds is 13. The van der Waals surface area contributed by atoms with Crippen LogP contribution in [0.2, 0.25) is 0 Å². The lowest BCUT2D eigenvalue weighted by Gasteiger charge is -2.27. The summed E-state index contributed by atoms with van der Waals surface area (Å²) in [5.41, 5.74) is -0.913. The monoisotopic (exact) mass is 481 g/mol. The molecule has 4 atom stereocenters. The van der Waals surface area contributed by atoms with Crippen molar-refractivity contribution in [2.45, 2.75) is 77.4 Å². The van der Waals surface area contributed by atoms with E-state index in [1.54, 1.807) is 13.8 Å². The van der Waals surface area contributed by atoms with Gasteiger partial charge in [-0.1, -0.05) is 20.8 Å². The minimum atomic E-state index is -3.81. The highest BCUT2D eigenvalue weighted by Crippen LogP contribution is 2.20. The Kier molecular flexibility index (Phi) is 11.0. The van der Waals surface area contributed by atoms with Crippen LogP contribution in [-0.2, 0) is 19.7 Å². The van der Waals surface area contributed by atoms with Gasteiger partial charge in [-0.25, -0.2) is 21.7 Å². The number of halogens is 1. The average molecular weight is 482 g/mol. The zero-order chi connectivity index (χ0) is 23.3. The maximum atomic E-state index is 12.1. The molecule has 4 unspecified atom stereocenters. The second-order valence-corrected chi connectivity index (χ2v) is 14.0. The number of nitrogens with one attached hydrogen (secondary N) is 1. The van der Waals surface area contributed by atoms with Crippen molar-refractivity contribution in [1.29, 1.82) is 0 Å². The van der Waals surface area contributed by atoms with Gasteiger partial charge in [0.05, 0.1) is 35.2 Å².